The van der Waals surface area contributed by atoms with Crippen LogP contribution in [0.5, 0.6) is 23.0 Å². The SMILES string of the molecule is COc1cc(O)c(Cc2ccc(O)cc2)c2c1-c1ccc(O)cc1CC2. The lowest BCUT2D eigenvalue weighted by Crippen LogP contribution is -2.09. The van der Waals surface area contributed by atoms with E-state index in [1.54, 1.807) is 37.4 Å². The first-order chi connectivity index (χ1) is 12.6. The molecule has 0 radical (unpaired) electrons. The van der Waals surface area contributed by atoms with Crippen LogP contribution in [-0.2, 0) is 19.3 Å². The monoisotopic (exact) mass is 348 g/mol. The Bertz CT molecular complexity index is 974. The van der Waals surface area contributed by atoms with Gasteiger partial charge in [-0.05, 0) is 59.4 Å². The van der Waals surface area contributed by atoms with E-state index in [0.29, 0.717) is 12.2 Å². The maximum Gasteiger partial charge on any atom is 0.130 e. The molecule has 3 aromatic carbocycles. The van der Waals surface area contributed by atoms with Crippen molar-refractivity contribution >= 4 is 0 Å². The van der Waals surface area contributed by atoms with Gasteiger partial charge in [-0.15, -0.1) is 0 Å². The highest BCUT2D eigenvalue weighted by Crippen LogP contribution is 2.46. The molecular formula is C22H20O4. The van der Waals surface area contributed by atoms with Gasteiger partial charge >= 0.3 is 0 Å². The van der Waals surface area contributed by atoms with Crippen molar-refractivity contribution in [2.24, 2.45) is 0 Å². The van der Waals surface area contributed by atoms with Gasteiger partial charge in [0.2, 0.25) is 0 Å². The second kappa shape index (κ2) is 6.30. The van der Waals surface area contributed by atoms with E-state index in [9.17, 15) is 15.3 Å². The van der Waals surface area contributed by atoms with Crippen molar-refractivity contribution in [2.75, 3.05) is 7.11 Å². The summed E-state index contributed by atoms with van der Waals surface area (Å²) >= 11 is 0. The third kappa shape index (κ3) is 2.73. The van der Waals surface area contributed by atoms with Gasteiger partial charge in [-0.3, -0.25) is 0 Å². The Hall–Kier alpha value is -3.14. The molecule has 1 aliphatic rings. The molecule has 0 heterocycles. The number of phenols is 3. The minimum Gasteiger partial charge on any atom is -0.508 e. The van der Waals surface area contributed by atoms with Crippen LogP contribution in [0, 0.1) is 0 Å². The van der Waals surface area contributed by atoms with Crippen LogP contribution in [0.2, 0.25) is 0 Å². The van der Waals surface area contributed by atoms with Gasteiger partial charge in [-0.1, -0.05) is 18.2 Å². The van der Waals surface area contributed by atoms with Crippen molar-refractivity contribution in [3.8, 4) is 34.1 Å². The van der Waals surface area contributed by atoms with E-state index in [4.69, 9.17) is 4.74 Å². The van der Waals surface area contributed by atoms with E-state index in [2.05, 4.69) is 0 Å². The van der Waals surface area contributed by atoms with E-state index in [1.807, 2.05) is 18.2 Å². The molecule has 132 valence electrons. The minimum absolute atomic E-state index is 0.218. The molecule has 0 spiro atoms. The summed E-state index contributed by atoms with van der Waals surface area (Å²) in [5.74, 6) is 1.34. The standard InChI is InChI=1S/C22H20O4/c1-26-21-12-20(25)19(10-13-2-5-15(23)6-3-13)18-8-4-14-11-16(24)7-9-17(14)22(18)21/h2-3,5-7,9,11-12,23-25H,4,8,10H2,1H3. The summed E-state index contributed by atoms with van der Waals surface area (Å²) in [6.07, 6.45) is 2.14. The van der Waals surface area contributed by atoms with Crippen LogP contribution < -0.4 is 4.74 Å². The van der Waals surface area contributed by atoms with Gasteiger partial charge in [-0.25, -0.2) is 0 Å². The van der Waals surface area contributed by atoms with E-state index in [0.717, 1.165) is 46.2 Å². The van der Waals surface area contributed by atoms with E-state index < -0.39 is 0 Å². The Labute approximate surface area is 151 Å². The number of methoxy groups -OCH3 is 1. The molecular weight excluding hydrogens is 328 g/mol. The molecule has 0 bridgehead atoms. The average Bonchev–Trinajstić information content (AvgIpc) is 2.64. The number of fused-ring (bicyclic) bond motifs is 3. The number of aryl methyl sites for hydroxylation is 1. The largest absolute Gasteiger partial charge is 0.508 e. The van der Waals surface area contributed by atoms with Gasteiger partial charge in [0.15, 0.2) is 0 Å². The normalized spacial score (nSPS) is 12.3. The van der Waals surface area contributed by atoms with Crippen molar-refractivity contribution in [3.05, 3.63) is 70.8 Å². The predicted octanol–water partition coefficient (Wildman–Crippen LogP) is 4.17. The first kappa shape index (κ1) is 16.3. The molecule has 0 saturated carbocycles. The Morgan fingerprint density at radius 3 is 2.35 bits per heavy atom. The summed E-state index contributed by atoms with van der Waals surface area (Å²) in [5.41, 5.74) is 6.07. The second-order valence-corrected chi connectivity index (χ2v) is 6.61. The van der Waals surface area contributed by atoms with Crippen LogP contribution in [0.25, 0.3) is 11.1 Å². The Morgan fingerprint density at radius 2 is 1.62 bits per heavy atom. The van der Waals surface area contributed by atoms with Gasteiger partial charge in [0, 0.05) is 23.6 Å². The summed E-state index contributed by atoms with van der Waals surface area (Å²) in [5, 5.41) is 29.9. The fourth-order valence-corrected chi connectivity index (χ4v) is 3.78. The molecule has 0 saturated heterocycles. The number of hydrogen-bond acceptors (Lipinski definition) is 4. The number of phenolic OH excluding ortho intramolecular Hbond substituents is 3. The molecule has 0 amide bonds. The molecule has 0 aromatic heterocycles. The fourth-order valence-electron chi connectivity index (χ4n) is 3.78. The maximum atomic E-state index is 10.6. The van der Waals surface area contributed by atoms with Gasteiger partial charge in [0.25, 0.3) is 0 Å². The molecule has 1 aliphatic carbocycles. The van der Waals surface area contributed by atoms with E-state index in [-0.39, 0.29) is 17.2 Å². The number of aromatic hydroxyl groups is 3. The third-order valence-electron chi connectivity index (χ3n) is 5.03. The molecule has 0 fully saturated rings. The number of benzene rings is 3. The van der Waals surface area contributed by atoms with Crippen LogP contribution >= 0.6 is 0 Å². The highest BCUT2D eigenvalue weighted by Gasteiger charge is 2.25. The van der Waals surface area contributed by atoms with Crippen LogP contribution in [-0.4, -0.2) is 22.4 Å². The van der Waals surface area contributed by atoms with E-state index >= 15 is 0 Å². The zero-order valence-corrected chi connectivity index (χ0v) is 14.5. The second-order valence-electron chi connectivity index (χ2n) is 6.61. The number of ether oxygens (including phenoxy) is 1. The van der Waals surface area contributed by atoms with Crippen LogP contribution in [0.3, 0.4) is 0 Å². The Balaban J connectivity index is 1.88. The zero-order valence-electron chi connectivity index (χ0n) is 14.5. The van der Waals surface area contributed by atoms with Crippen LogP contribution in [0.4, 0.5) is 0 Å². The summed E-state index contributed by atoms with van der Waals surface area (Å²) in [6, 6.07) is 14.1. The van der Waals surface area contributed by atoms with Gasteiger partial charge in [0.1, 0.15) is 23.0 Å². The lowest BCUT2D eigenvalue weighted by atomic mass is 9.81. The Morgan fingerprint density at radius 1 is 0.885 bits per heavy atom. The van der Waals surface area contributed by atoms with Crippen molar-refractivity contribution < 1.29 is 20.1 Å². The first-order valence-corrected chi connectivity index (χ1v) is 8.58. The van der Waals surface area contributed by atoms with Crippen LogP contribution in [0.1, 0.15) is 22.3 Å². The molecule has 4 nitrogen and oxygen atoms in total. The summed E-state index contributed by atoms with van der Waals surface area (Å²) < 4.78 is 5.55. The summed E-state index contributed by atoms with van der Waals surface area (Å²) in [6.45, 7) is 0. The summed E-state index contributed by atoms with van der Waals surface area (Å²) in [4.78, 5) is 0. The Kier molecular flexibility index (Phi) is 3.96. The number of rotatable bonds is 3. The lowest BCUT2D eigenvalue weighted by Gasteiger charge is -2.25. The minimum atomic E-state index is 0.218. The lowest BCUT2D eigenvalue weighted by molar-refractivity contribution is 0.407. The predicted molar refractivity (Wildman–Crippen MR) is 100 cm³/mol. The molecule has 0 atom stereocenters. The molecule has 3 aromatic rings. The maximum absolute atomic E-state index is 10.6. The van der Waals surface area contributed by atoms with Gasteiger partial charge in [-0.2, -0.15) is 0 Å². The van der Waals surface area contributed by atoms with Crippen molar-refractivity contribution in [1.29, 1.82) is 0 Å². The fraction of sp³-hybridized carbons (Fsp3) is 0.182. The topological polar surface area (TPSA) is 69.9 Å². The highest BCUT2D eigenvalue weighted by atomic mass is 16.5. The molecule has 3 N–H and O–H groups in total. The first-order valence-electron chi connectivity index (χ1n) is 8.58. The molecule has 26 heavy (non-hydrogen) atoms. The van der Waals surface area contributed by atoms with Gasteiger partial charge in [0.05, 0.1) is 7.11 Å². The quantitative estimate of drug-likeness (QED) is 0.664. The van der Waals surface area contributed by atoms with Crippen LogP contribution in [0.15, 0.2) is 48.5 Å². The average molecular weight is 348 g/mol. The third-order valence-corrected chi connectivity index (χ3v) is 5.03. The van der Waals surface area contributed by atoms with E-state index in [1.165, 1.54) is 0 Å². The smallest absolute Gasteiger partial charge is 0.130 e. The summed E-state index contributed by atoms with van der Waals surface area (Å²) in [7, 11) is 1.60. The molecule has 0 unspecified atom stereocenters. The zero-order chi connectivity index (χ0) is 18.3. The molecule has 4 heteroatoms. The highest BCUT2D eigenvalue weighted by molar-refractivity contribution is 5.81. The van der Waals surface area contributed by atoms with Crippen molar-refractivity contribution in [1.82, 2.24) is 0 Å². The molecule has 0 aliphatic heterocycles. The number of hydrogen-bond donors (Lipinski definition) is 3. The van der Waals surface area contributed by atoms with Crippen molar-refractivity contribution in [2.45, 2.75) is 19.3 Å². The van der Waals surface area contributed by atoms with Crippen molar-refractivity contribution in [3.63, 3.8) is 0 Å². The van der Waals surface area contributed by atoms with Gasteiger partial charge < -0.3 is 20.1 Å². The molecule has 4 rings (SSSR count).